The topological polar surface area (TPSA) is 35.0 Å². The Kier molecular flexibility index (Phi) is 15.4. The third-order valence-corrected chi connectivity index (χ3v) is 6.94. The quantitative estimate of drug-likeness (QED) is 0.161. The maximum absolute atomic E-state index is 14.8. The van der Waals surface area contributed by atoms with Crippen LogP contribution < -0.4 is 4.74 Å². The number of aromatic nitrogens is 2. The number of hydrogen-bond acceptors (Lipinski definition) is 3. The maximum Gasteiger partial charge on any atom is 0.245 e. The van der Waals surface area contributed by atoms with E-state index in [4.69, 9.17) is 4.74 Å². The predicted molar refractivity (Wildman–Crippen MR) is 151 cm³/mol. The van der Waals surface area contributed by atoms with Gasteiger partial charge in [0.25, 0.3) is 0 Å². The van der Waals surface area contributed by atoms with E-state index in [0.29, 0.717) is 18.0 Å². The number of unbranched alkanes of at least 4 members (excludes halogenated alkanes) is 14. The molecule has 0 amide bonds. The summed E-state index contributed by atoms with van der Waals surface area (Å²) < 4.78 is 20.5. The van der Waals surface area contributed by atoms with Crippen molar-refractivity contribution in [3.05, 3.63) is 42.2 Å². The smallest absolute Gasteiger partial charge is 0.245 e. The van der Waals surface area contributed by atoms with E-state index in [0.717, 1.165) is 24.8 Å². The normalized spacial score (nSPS) is 13.0. The highest BCUT2D eigenvalue weighted by atomic mass is 19.2. The molecular formula is C32H51FN2O. The lowest BCUT2D eigenvalue weighted by Crippen LogP contribution is -2.26. The van der Waals surface area contributed by atoms with Gasteiger partial charge in [-0.05, 0) is 49.1 Å². The minimum Gasteiger partial charge on any atom is -0.458 e. The highest BCUT2D eigenvalue weighted by Gasteiger charge is 2.24. The van der Waals surface area contributed by atoms with Gasteiger partial charge in [0.1, 0.15) is 5.75 Å². The van der Waals surface area contributed by atoms with Crippen LogP contribution in [0, 0.1) is 0 Å². The van der Waals surface area contributed by atoms with E-state index in [1.54, 1.807) is 0 Å². The van der Waals surface area contributed by atoms with Crippen LogP contribution >= 0.6 is 0 Å². The van der Waals surface area contributed by atoms with Crippen molar-refractivity contribution >= 4 is 0 Å². The summed E-state index contributed by atoms with van der Waals surface area (Å²) >= 11 is 0. The van der Waals surface area contributed by atoms with Crippen LogP contribution in [0.1, 0.15) is 135 Å². The molecule has 2 rings (SSSR count). The highest BCUT2D eigenvalue weighted by molar-refractivity contribution is 5.55. The number of ether oxygens (including phenoxy) is 1. The van der Waals surface area contributed by atoms with Crippen molar-refractivity contribution < 1.29 is 9.13 Å². The largest absolute Gasteiger partial charge is 0.458 e. The van der Waals surface area contributed by atoms with Crippen LogP contribution in [0.4, 0.5) is 4.39 Å². The highest BCUT2D eigenvalue weighted by Crippen LogP contribution is 2.27. The Balaban J connectivity index is 1.66. The summed E-state index contributed by atoms with van der Waals surface area (Å²) in [5.41, 5.74) is 2.12. The summed E-state index contributed by atoms with van der Waals surface area (Å²) in [5, 5.41) is 0. The van der Waals surface area contributed by atoms with Crippen LogP contribution in [0.3, 0.4) is 0 Å². The zero-order chi connectivity index (χ0) is 25.9. The standard InChI is InChI=1S/C32H51FN2O/c1-4-6-8-10-12-13-14-15-16-18-20-28-26-34-31(35-27-28)29-21-23-30(24-22-29)36-32(3,33)25-19-17-11-9-7-5-2/h21-24,26-27H,4-20,25H2,1-3H3. The fourth-order valence-electron chi connectivity index (χ4n) is 4.64. The van der Waals surface area contributed by atoms with Crippen LogP contribution in [0.2, 0.25) is 0 Å². The average Bonchev–Trinajstić information content (AvgIpc) is 2.88. The van der Waals surface area contributed by atoms with Crippen LogP contribution in [0.25, 0.3) is 11.4 Å². The average molecular weight is 499 g/mol. The Labute approximate surface area is 220 Å². The number of alkyl halides is 1. The van der Waals surface area contributed by atoms with Gasteiger partial charge in [0.15, 0.2) is 5.82 Å². The fourth-order valence-corrected chi connectivity index (χ4v) is 4.64. The minimum absolute atomic E-state index is 0.421. The van der Waals surface area contributed by atoms with Crippen molar-refractivity contribution in [2.24, 2.45) is 0 Å². The van der Waals surface area contributed by atoms with Crippen LogP contribution in [0.15, 0.2) is 36.7 Å². The van der Waals surface area contributed by atoms with Crippen LogP contribution in [-0.2, 0) is 6.42 Å². The lowest BCUT2D eigenvalue weighted by Gasteiger charge is -2.22. The van der Waals surface area contributed by atoms with Gasteiger partial charge < -0.3 is 4.74 Å². The summed E-state index contributed by atoms with van der Waals surface area (Å²) in [6, 6.07) is 7.45. The van der Waals surface area contributed by atoms with Crippen molar-refractivity contribution in [1.29, 1.82) is 0 Å². The molecule has 1 aromatic carbocycles. The van der Waals surface area contributed by atoms with Crippen molar-refractivity contribution in [3.63, 3.8) is 0 Å². The van der Waals surface area contributed by atoms with Gasteiger partial charge in [0.05, 0.1) is 0 Å². The van der Waals surface area contributed by atoms with Gasteiger partial charge in [-0.3, -0.25) is 0 Å². The third-order valence-electron chi connectivity index (χ3n) is 6.94. The van der Waals surface area contributed by atoms with E-state index in [1.807, 2.05) is 36.7 Å². The zero-order valence-electron chi connectivity index (χ0n) is 23.4. The predicted octanol–water partition coefficient (Wildman–Crippen LogP) is 10.4. The molecule has 0 spiro atoms. The molecule has 1 unspecified atom stereocenters. The van der Waals surface area contributed by atoms with Gasteiger partial charge in [-0.2, -0.15) is 4.39 Å². The summed E-state index contributed by atoms with van der Waals surface area (Å²) in [7, 11) is 0. The monoisotopic (exact) mass is 498 g/mol. The molecule has 0 aliphatic rings. The molecule has 1 aromatic heterocycles. The first-order valence-corrected chi connectivity index (χ1v) is 14.8. The minimum atomic E-state index is -1.64. The number of aryl methyl sites for hydroxylation is 1. The molecule has 1 heterocycles. The van der Waals surface area contributed by atoms with Crippen molar-refractivity contribution in [1.82, 2.24) is 9.97 Å². The molecule has 0 radical (unpaired) electrons. The fraction of sp³-hybridized carbons (Fsp3) is 0.688. The molecule has 3 nitrogen and oxygen atoms in total. The van der Waals surface area contributed by atoms with Crippen molar-refractivity contribution in [2.45, 2.75) is 142 Å². The van der Waals surface area contributed by atoms with E-state index in [1.165, 1.54) is 102 Å². The molecule has 0 aliphatic carbocycles. The second-order valence-corrected chi connectivity index (χ2v) is 10.6. The Hall–Kier alpha value is -1.97. The number of benzene rings is 1. The Bertz CT molecular complexity index is 789. The van der Waals surface area contributed by atoms with E-state index in [9.17, 15) is 4.39 Å². The first-order chi connectivity index (χ1) is 17.5. The summed E-state index contributed by atoms with van der Waals surface area (Å²) in [6.45, 7) is 6.01. The van der Waals surface area contributed by atoms with Crippen molar-refractivity contribution in [3.8, 4) is 17.1 Å². The number of halogens is 1. The molecule has 0 aliphatic heterocycles. The molecule has 1 atom stereocenters. The third kappa shape index (κ3) is 13.4. The van der Waals surface area contributed by atoms with Crippen molar-refractivity contribution in [2.75, 3.05) is 0 Å². The molecule has 0 bridgehead atoms. The van der Waals surface area contributed by atoms with Gasteiger partial charge in [0, 0.05) is 31.3 Å². The molecule has 2 aromatic rings. The lowest BCUT2D eigenvalue weighted by atomic mass is 10.0. The van der Waals surface area contributed by atoms with Crippen LogP contribution in [0.5, 0.6) is 5.75 Å². The Morgan fingerprint density at radius 3 is 1.67 bits per heavy atom. The maximum atomic E-state index is 14.8. The van der Waals surface area contributed by atoms with Crippen LogP contribution in [-0.4, -0.2) is 15.8 Å². The summed E-state index contributed by atoms with van der Waals surface area (Å²) in [4.78, 5) is 9.12. The molecule has 0 N–H and O–H groups in total. The van der Waals surface area contributed by atoms with Gasteiger partial charge in [-0.25, -0.2) is 9.97 Å². The van der Waals surface area contributed by atoms with E-state index < -0.39 is 5.85 Å². The zero-order valence-corrected chi connectivity index (χ0v) is 23.4. The molecule has 4 heteroatoms. The Morgan fingerprint density at radius 2 is 1.14 bits per heavy atom. The molecule has 0 saturated carbocycles. The number of nitrogens with zero attached hydrogens (tertiary/aromatic N) is 2. The SMILES string of the molecule is CCCCCCCCCCCCc1cnc(-c2ccc(OC(C)(F)CCCCCCCC)cc2)nc1. The molecule has 202 valence electrons. The van der Waals surface area contributed by atoms with E-state index in [2.05, 4.69) is 23.8 Å². The van der Waals surface area contributed by atoms with Gasteiger partial charge >= 0.3 is 0 Å². The van der Waals surface area contributed by atoms with Gasteiger partial charge in [0.2, 0.25) is 5.85 Å². The molecular weight excluding hydrogens is 447 g/mol. The second-order valence-electron chi connectivity index (χ2n) is 10.6. The summed E-state index contributed by atoms with van der Waals surface area (Å²) in [6.07, 6.45) is 25.7. The summed E-state index contributed by atoms with van der Waals surface area (Å²) in [5.74, 6) is -0.394. The van der Waals surface area contributed by atoms with Gasteiger partial charge in [-0.1, -0.05) is 104 Å². The van der Waals surface area contributed by atoms with E-state index >= 15 is 0 Å². The Morgan fingerprint density at radius 1 is 0.667 bits per heavy atom. The first-order valence-electron chi connectivity index (χ1n) is 14.8. The van der Waals surface area contributed by atoms with Gasteiger partial charge in [-0.15, -0.1) is 0 Å². The molecule has 0 saturated heterocycles. The number of hydrogen-bond donors (Lipinski definition) is 0. The lowest BCUT2D eigenvalue weighted by molar-refractivity contribution is -0.0530. The molecule has 36 heavy (non-hydrogen) atoms. The van der Waals surface area contributed by atoms with E-state index in [-0.39, 0.29) is 0 Å². The second kappa shape index (κ2) is 18.3. The molecule has 0 fully saturated rings. The number of rotatable bonds is 21. The first kappa shape index (κ1) is 30.3.